The van der Waals surface area contributed by atoms with Crippen molar-refractivity contribution in [2.24, 2.45) is 0 Å². The second-order valence-electron chi connectivity index (χ2n) is 5.88. The molecule has 1 saturated heterocycles. The minimum absolute atomic E-state index is 0.503. The van der Waals surface area contributed by atoms with Crippen LogP contribution in [0.25, 0.3) is 0 Å². The first kappa shape index (κ1) is 15.7. The van der Waals surface area contributed by atoms with Gasteiger partial charge in [0.15, 0.2) is 5.13 Å². The van der Waals surface area contributed by atoms with Gasteiger partial charge in [-0.1, -0.05) is 20.8 Å². The molecule has 0 spiro atoms. The van der Waals surface area contributed by atoms with Gasteiger partial charge in [0.25, 0.3) is 0 Å². The van der Waals surface area contributed by atoms with Crippen molar-refractivity contribution in [1.29, 1.82) is 0 Å². The van der Waals surface area contributed by atoms with E-state index in [1.807, 2.05) is 11.3 Å². The van der Waals surface area contributed by atoms with Crippen molar-refractivity contribution in [2.75, 3.05) is 44.7 Å². The van der Waals surface area contributed by atoms with Crippen molar-refractivity contribution in [3.63, 3.8) is 0 Å². The van der Waals surface area contributed by atoms with Gasteiger partial charge in [-0.15, -0.1) is 11.3 Å². The number of rotatable bonds is 5. The van der Waals surface area contributed by atoms with Crippen molar-refractivity contribution in [1.82, 2.24) is 15.2 Å². The van der Waals surface area contributed by atoms with Crippen LogP contribution in [-0.2, 0) is 6.54 Å². The predicted octanol–water partition coefficient (Wildman–Crippen LogP) is 2.52. The van der Waals surface area contributed by atoms with E-state index in [1.54, 1.807) is 0 Å². The first-order chi connectivity index (χ1) is 9.61. The molecule has 4 nitrogen and oxygen atoms in total. The number of hydrogen-bond acceptors (Lipinski definition) is 5. The van der Waals surface area contributed by atoms with E-state index in [2.05, 4.69) is 42.9 Å². The molecular weight excluding hydrogens is 268 g/mol. The van der Waals surface area contributed by atoms with Gasteiger partial charge in [0.1, 0.15) is 0 Å². The Morgan fingerprint density at radius 2 is 2.05 bits per heavy atom. The zero-order valence-corrected chi connectivity index (χ0v) is 14.1. The number of nitrogens with one attached hydrogen (secondary N) is 1. The van der Waals surface area contributed by atoms with Crippen molar-refractivity contribution in [3.05, 3.63) is 10.6 Å². The van der Waals surface area contributed by atoms with E-state index < -0.39 is 0 Å². The highest BCUT2D eigenvalue weighted by Crippen LogP contribution is 2.31. The molecule has 0 atom stereocenters. The van der Waals surface area contributed by atoms with Crippen LogP contribution in [0.3, 0.4) is 0 Å². The number of aromatic nitrogens is 1. The Labute approximate surface area is 127 Å². The van der Waals surface area contributed by atoms with Crippen LogP contribution in [0.2, 0.25) is 0 Å². The summed E-state index contributed by atoms with van der Waals surface area (Å²) in [4.78, 5) is 11.2. The summed E-state index contributed by atoms with van der Waals surface area (Å²) in [6.45, 7) is 13.2. The lowest BCUT2D eigenvalue weighted by Gasteiger charge is -2.19. The van der Waals surface area contributed by atoms with E-state index in [4.69, 9.17) is 4.98 Å². The molecule has 1 aromatic rings. The molecular formula is C15H28N4S. The normalized spacial score (nSPS) is 17.8. The Hall–Kier alpha value is -0.650. The average molecular weight is 296 g/mol. The van der Waals surface area contributed by atoms with Gasteiger partial charge in [-0.3, -0.25) is 0 Å². The van der Waals surface area contributed by atoms with E-state index >= 15 is 0 Å². The van der Waals surface area contributed by atoms with Crippen molar-refractivity contribution in [2.45, 2.75) is 39.7 Å². The third-order valence-electron chi connectivity index (χ3n) is 3.79. The molecule has 0 bridgehead atoms. The molecule has 0 radical (unpaired) electrons. The van der Waals surface area contributed by atoms with E-state index in [9.17, 15) is 0 Å². The Morgan fingerprint density at radius 3 is 2.75 bits per heavy atom. The summed E-state index contributed by atoms with van der Waals surface area (Å²) in [6, 6.07) is 0. The maximum atomic E-state index is 4.94. The second-order valence-corrected chi connectivity index (χ2v) is 6.95. The SMILES string of the molecule is CCNCc1sc(N2CCCN(C)CC2)nc1C(C)C. The molecule has 5 heteroatoms. The summed E-state index contributed by atoms with van der Waals surface area (Å²) < 4.78 is 0. The van der Waals surface area contributed by atoms with E-state index in [1.165, 1.54) is 28.7 Å². The lowest BCUT2D eigenvalue weighted by atomic mass is 10.1. The number of likely N-dealkylation sites (N-methyl/N-ethyl adjacent to an activating group) is 1. The number of anilines is 1. The molecule has 1 N–H and O–H groups in total. The standard InChI is InChI=1S/C15H28N4S/c1-5-16-11-13-14(12(2)3)17-15(20-13)19-8-6-7-18(4)9-10-19/h12,16H,5-11H2,1-4H3. The van der Waals surface area contributed by atoms with Crippen LogP contribution in [0.1, 0.15) is 43.7 Å². The molecule has 20 heavy (non-hydrogen) atoms. The number of nitrogens with zero attached hydrogens (tertiary/aromatic N) is 3. The molecule has 0 aliphatic carbocycles. The minimum atomic E-state index is 0.503. The van der Waals surface area contributed by atoms with Gasteiger partial charge >= 0.3 is 0 Å². The average Bonchev–Trinajstić information content (AvgIpc) is 2.73. The maximum absolute atomic E-state index is 4.94. The van der Waals surface area contributed by atoms with Crippen LogP contribution in [0.15, 0.2) is 0 Å². The summed E-state index contributed by atoms with van der Waals surface area (Å²) in [5.41, 5.74) is 1.28. The summed E-state index contributed by atoms with van der Waals surface area (Å²) in [7, 11) is 2.21. The largest absolute Gasteiger partial charge is 0.347 e. The van der Waals surface area contributed by atoms with Crippen LogP contribution < -0.4 is 10.2 Å². The Morgan fingerprint density at radius 1 is 1.25 bits per heavy atom. The molecule has 0 amide bonds. The van der Waals surface area contributed by atoms with Gasteiger partial charge in [-0.05, 0) is 32.5 Å². The molecule has 1 aromatic heterocycles. The van der Waals surface area contributed by atoms with Gasteiger partial charge in [0.05, 0.1) is 5.69 Å². The Balaban J connectivity index is 2.14. The lowest BCUT2D eigenvalue weighted by Crippen LogP contribution is -2.28. The molecule has 1 aliphatic heterocycles. The summed E-state index contributed by atoms with van der Waals surface area (Å²) >= 11 is 1.88. The fourth-order valence-electron chi connectivity index (χ4n) is 2.54. The van der Waals surface area contributed by atoms with Crippen molar-refractivity contribution in [3.8, 4) is 0 Å². The topological polar surface area (TPSA) is 31.4 Å². The number of hydrogen-bond donors (Lipinski definition) is 1. The lowest BCUT2D eigenvalue weighted by molar-refractivity contribution is 0.360. The summed E-state index contributed by atoms with van der Waals surface area (Å²) in [5.74, 6) is 0.503. The van der Waals surface area contributed by atoms with Crippen molar-refractivity contribution >= 4 is 16.5 Å². The molecule has 0 unspecified atom stereocenters. The maximum Gasteiger partial charge on any atom is 0.185 e. The Bertz CT molecular complexity index is 416. The van der Waals surface area contributed by atoms with Crippen LogP contribution in [-0.4, -0.2) is 49.7 Å². The molecule has 1 fully saturated rings. The fraction of sp³-hybridized carbons (Fsp3) is 0.800. The molecule has 1 aliphatic rings. The highest BCUT2D eigenvalue weighted by atomic mass is 32.1. The minimum Gasteiger partial charge on any atom is -0.347 e. The van der Waals surface area contributed by atoms with Gasteiger partial charge in [-0.25, -0.2) is 4.98 Å². The van der Waals surface area contributed by atoms with Crippen LogP contribution in [0.4, 0.5) is 5.13 Å². The van der Waals surface area contributed by atoms with Crippen LogP contribution in [0, 0.1) is 0 Å². The Kier molecular flexibility index (Phi) is 5.81. The summed E-state index contributed by atoms with van der Waals surface area (Å²) in [5, 5.41) is 4.66. The zero-order chi connectivity index (χ0) is 14.5. The highest BCUT2D eigenvalue weighted by molar-refractivity contribution is 7.15. The predicted molar refractivity (Wildman–Crippen MR) is 87.9 cm³/mol. The smallest absolute Gasteiger partial charge is 0.185 e. The zero-order valence-electron chi connectivity index (χ0n) is 13.3. The van der Waals surface area contributed by atoms with E-state index in [0.29, 0.717) is 5.92 Å². The van der Waals surface area contributed by atoms with E-state index in [-0.39, 0.29) is 0 Å². The monoisotopic (exact) mass is 296 g/mol. The first-order valence-corrected chi connectivity index (χ1v) is 8.57. The molecule has 2 heterocycles. The molecule has 0 aromatic carbocycles. The highest BCUT2D eigenvalue weighted by Gasteiger charge is 2.19. The quantitative estimate of drug-likeness (QED) is 0.905. The molecule has 0 saturated carbocycles. The molecule has 2 rings (SSSR count). The number of thiazole rings is 1. The van der Waals surface area contributed by atoms with Crippen LogP contribution >= 0.6 is 11.3 Å². The first-order valence-electron chi connectivity index (χ1n) is 7.75. The van der Waals surface area contributed by atoms with Gasteiger partial charge < -0.3 is 15.1 Å². The van der Waals surface area contributed by atoms with Crippen LogP contribution in [0.5, 0.6) is 0 Å². The van der Waals surface area contributed by atoms with E-state index in [0.717, 1.165) is 32.7 Å². The summed E-state index contributed by atoms with van der Waals surface area (Å²) in [6.07, 6.45) is 1.23. The third kappa shape index (κ3) is 3.93. The fourth-order valence-corrected chi connectivity index (χ4v) is 3.78. The third-order valence-corrected chi connectivity index (χ3v) is 4.92. The van der Waals surface area contributed by atoms with Gasteiger partial charge in [0.2, 0.25) is 0 Å². The van der Waals surface area contributed by atoms with Crippen molar-refractivity contribution < 1.29 is 0 Å². The van der Waals surface area contributed by atoms with Gasteiger partial charge in [-0.2, -0.15) is 0 Å². The van der Waals surface area contributed by atoms with Gasteiger partial charge in [0, 0.05) is 31.1 Å². The molecule has 114 valence electrons. The second kappa shape index (κ2) is 7.38.